The lowest BCUT2D eigenvalue weighted by Crippen LogP contribution is -2.24. The molecule has 0 fully saturated rings. The average Bonchev–Trinajstić information content (AvgIpc) is 2.40. The van der Waals surface area contributed by atoms with Gasteiger partial charge >= 0.3 is 0 Å². The van der Waals surface area contributed by atoms with E-state index in [4.69, 9.17) is 0 Å². The molecule has 4 heteroatoms. The van der Waals surface area contributed by atoms with Crippen LogP contribution in [0.3, 0.4) is 0 Å². The zero-order chi connectivity index (χ0) is 11.9. The standard InChI is InChI=1S/C13H15N3O/c17-11-16(9-12-5-1-3-7-14-12)10-13-6-2-4-8-15-13/h1-8,17H,9-11H2. The minimum atomic E-state index is -0.00680. The summed E-state index contributed by atoms with van der Waals surface area (Å²) in [7, 11) is 0. The van der Waals surface area contributed by atoms with Crippen LogP contribution >= 0.6 is 0 Å². The van der Waals surface area contributed by atoms with E-state index in [2.05, 4.69) is 9.97 Å². The molecule has 2 aromatic rings. The maximum absolute atomic E-state index is 9.32. The smallest absolute Gasteiger partial charge is 0.0963 e. The number of hydrogen-bond acceptors (Lipinski definition) is 4. The van der Waals surface area contributed by atoms with Crippen molar-refractivity contribution < 1.29 is 5.11 Å². The maximum atomic E-state index is 9.32. The van der Waals surface area contributed by atoms with Gasteiger partial charge in [0.25, 0.3) is 0 Å². The van der Waals surface area contributed by atoms with E-state index < -0.39 is 0 Å². The van der Waals surface area contributed by atoms with Crippen LogP contribution in [0.5, 0.6) is 0 Å². The fourth-order valence-corrected chi connectivity index (χ4v) is 1.60. The second kappa shape index (κ2) is 6.08. The first-order valence-electron chi connectivity index (χ1n) is 5.51. The Labute approximate surface area is 101 Å². The summed E-state index contributed by atoms with van der Waals surface area (Å²) in [6.45, 7) is 1.23. The van der Waals surface area contributed by atoms with Crippen molar-refractivity contribution in [2.45, 2.75) is 13.1 Å². The minimum Gasteiger partial charge on any atom is -0.381 e. The van der Waals surface area contributed by atoms with Gasteiger partial charge in [0.1, 0.15) is 0 Å². The molecule has 0 unspecified atom stereocenters. The third-order valence-corrected chi connectivity index (χ3v) is 2.42. The summed E-state index contributed by atoms with van der Waals surface area (Å²) in [4.78, 5) is 10.3. The molecule has 0 saturated heterocycles. The fourth-order valence-electron chi connectivity index (χ4n) is 1.60. The number of nitrogens with zero attached hydrogens (tertiary/aromatic N) is 3. The molecule has 2 heterocycles. The highest BCUT2D eigenvalue weighted by Gasteiger charge is 2.06. The highest BCUT2D eigenvalue weighted by atomic mass is 16.3. The number of aliphatic hydroxyl groups excluding tert-OH is 1. The first-order chi connectivity index (χ1) is 8.38. The summed E-state index contributed by atoms with van der Waals surface area (Å²) in [5.74, 6) is 0. The van der Waals surface area contributed by atoms with Crippen molar-refractivity contribution in [1.29, 1.82) is 0 Å². The minimum absolute atomic E-state index is 0.00680. The molecule has 4 nitrogen and oxygen atoms in total. The highest BCUT2D eigenvalue weighted by Crippen LogP contribution is 2.05. The van der Waals surface area contributed by atoms with Crippen LogP contribution in [-0.2, 0) is 13.1 Å². The van der Waals surface area contributed by atoms with Crippen LogP contribution in [-0.4, -0.2) is 26.7 Å². The second-order valence-corrected chi connectivity index (χ2v) is 3.77. The van der Waals surface area contributed by atoms with Crippen LogP contribution in [0.15, 0.2) is 48.8 Å². The molecule has 0 amide bonds. The monoisotopic (exact) mass is 229 g/mol. The molecule has 0 atom stereocenters. The number of aliphatic hydroxyl groups is 1. The van der Waals surface area contributed by atoms with E-state index in [-0.39, 0.29) is 6.73 Å². The van der Waals surface area contributed by atoms with Crippen molar-refractivity contribution in [2.24, 2.45) is 0 Å². The molecule has 17 heavy (non-hydrogen) atoms. The van der Waals surface area contributed by atoms with Crippen LogP contribution < -0.4 is 0 Å². The van der Waals surface area contributed by atoms with E-state index in [0.29, 0.717) is 13.1 Å². The van der Waals surface area contributed by atoms with Gasteiger partial charge in [0, 0.05) is 25.5 Å². The van der Waals surface area contributed by atoms with Gasteiger partial charge < -0.3 is 5.11 Å². The molecule has 1 N–H and O–H groups in total. The van der Waals surface area contributed by atoms with Crippen LogP contribution in [0.1, 0.15) is 11.4 Å². The lowest BCUT2D eigenvalue weighted by Gasteiger charge is -2.18. The van der Waals surface area contributed by atoms with E-state index >= 15 is 0 Å². The summed E-state index contributed by atoms with van der Waals surface area (Å²) in [5.41, 5.74) is 1.88. The van der Waals surface area contributed by atoms with E-state index in [1.54, 1.807) is 12.4 Å². The van der Waals surface area contributed by atoms with Gasteiger partial charge in [-0.15, -0.1) is 0 Å². The molecule has 2 aromatic heterocycles. The maximum Gasteiger partial charge on any atom is 0.0963 e. The molecule has 0 saturated carbocycles. The fraction of sp³-hybridized carbons (Fsp3) is 0.231. The van der Waals surface area contributed by atoms with Gasteiger partial charge in [-0.3, -0.25) is 14.9 Å². The largest absolute Gasteiger partial charge is 0.381 e. The molecule has 0 aromatic carbocycles. The van der Waals surface area contributed by atoms with Gasteiger partial charge in [-0.25, -0.2) is 0 Å². The van der Waals surface area contributed by atoms with Crippen molar-refractivity contribution in [3.05, 3.63) is 60.2 Å². The number of pyridine rings is 2. The van der Waals surface area contributed by atoms with E-state index in [0.717, 1.165) is 11.4 Å². The summed E-state index contributed by atoms with van der Waals surface area (Å²) in [6.07, 6.45) is 3.51. The van der Waals surface area contributed by atoms with Crippen molar-refractivity contribution in [3.8, 4) is 0 Å². The summed E-state index contributed by atoms with van der Waals surface area (Å²) in [6, 6.07) is 11.5. The predicted molar refractivity (Wildman–Crippen MR) is 64.8 cm³/mol. The summed E-state index contributed by atoms with van der Waals surface area (Å²) >= 11 is 0. The molecule has 0 bridgehead atoms. The Morgan fingerprint density at radius 2 is 1.41 bits per heavy atom. The van der Waals surface area contributed by atoms with E-state index in [1.165, 1.54) is 0 Å². The molecule has 0 aliphatic rings. The Bertz CT molecular complexity index is 391. The normalized spacial score (nSPS) is 10.7. The molecular formula is C13H15N3O. The molecular weight excluding hydrogens is 214 g/mol. The molecule has 0 aliphatic heterocycles. The molecule has 0 spiro atoms. The third kappa shape index (κ3) is 3.62. The lowest BCUT2D eigenvalue weighted by atomic mass is 10.3. The quantitative estimate of drug-likeness (QED) is 0.788. The van der Waals surface area contributed by atoms with E-state index in [1.807, 2.05) is 41.3 Å². The Hall–Kier alpha value is -1.78. The summed E-state index contributed by atoms with van der Waals surface area (Å²) < 4.78 is 0. The average molecular weight is 229 g/mol. The van der Waals surface area contributed by atoms with Crippen molar-refractivity contribution in [3.63, 3.8) is 0 Å². The lowest BCUT2D eigenvalue weighted by molar-refractivity contribution is 0.0916. The van der Waals surface area contributed by atoms with Gasteiger partial charge in [-0.1, -0.05) is 12.1 Å². The second-order valence-electron chi connectivity index (χ2n) is 3.77. The van der Waals surface area contributed by atoms with Gasteiger partial charge in [0.2, 0.25) is 0 Å². The van der Waals surface area contributed by atoms with E-state index in [9.17, 15) is 5.11 Å². The Morgan fingerprint density at radius 1 is 0.882 bits per heavy atom. The molecule has 88 valence electrons. The van der Waals surface area contributed by atoms with Crippen LogP contribution in [0, 0.1) is 0 Å². The predicted octanol–water partition coefficient (Wildman–Crippen LogP) is 1.43. The first-order valence-corrected chi connectivity index (χ1v) is 5.51. The van der Waals surface area contributed by atoms with Crippen LogP contribution in [0.25, 0.3) is 0 Å². The van der Waals surface area contributed by atoms with Gasteiger partial charge in [0.05, 0.1) is 18.1 Å². The van der Waals surface area contributed by atoms with Crippen molar-refractivity contribution in [1.82, 2.24) is 14.9 Å². The highest BCUT2D eigenvalue weighted by molar-refractivity contribution is 5.05. The van der Waals surface area contributed by atoms with Crippen molar-refractivity contribution >= 4 is 0 Å². The third-order valence-electron chi connectivity index (χ3n) is 2.42. The molecule has 0 radical (unpaired) electrons. The van der Waals surface area contributed by atoms with Gasteiger partial charge in [-0.2, -0.15) is 0 Å². The Kier molecular flexibility index (Phi) is 4.18. The van der Waals surface area contributed by atoms with Gasteiger partial charge in [0.15, 0.2) is 0 Å². The zero-order valence-corrected chi connectivity index (χ0v) is 9.53. The Morgan fingerprint density at radius 3 is 1.76 bits per heavy atom. The zero-order valence-electron chi connectivity index (χ0n) is 9.53. The Balaban J connectivity index is 1.98. The topological polar surface area (TPSA) is 49.2 Å². The first kappa shape index (κ1) is 11.7. The number of hydrogen-bond donors (Lipinski definition) is 1. The molecule has 2 rings (SSSR count). The number of aromatic nitrogens is 2. The van der Waals surface area contributed by atoms with Crippen molar-refractivity contribution in [2.75, 3.05) is 6.73 Å². The molecule has 0 aliphatic carbocycles. The van der Waals surface area contributed by atoms with Crippen LogP contribution in [0.4, 0.5) is 0 Å². The SMILES string of the molecule is OCN(Cc1ccccn1)Cc1ccccn1. The number of rotatable bonds is 5. The summed E-state index contributed by atoms with van der Waals surface area (Å²) in [5, 5.41) is 9.32. The van der Waals surface area contributed by atoms with Gasteiger partial charge in [-0.05, 0) is 24.3 Å². The van der Waals surface area contributed by atoms with Crippen LogP contribution in [0.2, 0.25) is 0 Å².